The van der Waals surface area contributed by atoms with Crippen molar-refractivity contribution in [1.29, 1.82) is 0 Å². The van der Waals surface area contributed by atoms with Crippen molar-refractivity contribution in [1.82, 2.24) is 9.55 Å². The van der Waals surface area contributed by atoms with Crippen molar-refractivity contribution in [3.05, 3.63) is 47.8 Å². The topological polar surface area (TPSA) is 64.4 Å². The molecule has 0 aliphatic rings. The Labute approximate surface area is 115 Å². The van der Waals surface area contributed by atoms with Crippen LogP contribution in [0.15, 0.2) is 30.5 Å². The minimum atomic E-state index is -1.03. The number of carboxylic acid groups (broad SMARTS) is 1. The van der Waals surface area contributed by atoms with Crippen molar-refractivity contribution in [2.45, 2.75) is 26.5 Å². The third kappa shape index (κ3) is 2.96. The Hall–Kier alpha value is -2.37. The minimum absolute atomic E-state index is 0.0459. The maximum absolute atomic E-state index is 12.8. The molecule has 6 heteroatoms. The molecule has 0 saturated carbocycles. The molecule has 0 spiro atoms. The molecule has 106 valence electrons. The summed E-state index contributed by atoms with van der Waals surface area (Å²) in [5, 5.41) is 9.10. The Morgan fingerprint density at radius 3 is 2.60 bits per heavy atom. The van der Waals surface area contributed by atoms with Crippen molar-refractivity contribution >= 4 is 5.97 Å². The summed E-state index contributed by atoms with van der Waals surface area (Å²) in [6, 6.07) is 5.57. The highest BCUT2D eigenvalue weighted by atomic mass is 19.1. The van der Waals surface area contributed by atoms with Gasteiger partial charge in [0.15, 0.2) is 0 Å². The zero-order valence-electron chi connectivity index (χ0n) is 11.2. The quantitative estimate of drug-likeness (QED) is 0.913. The maximum atomic E-state index is 12.8. The first kappa shape index (κ1) is 14.0. The average Bonchev–Trinajstić information content (AvgIpc) is 2.82. The molecule has 0 radical (unpaired) electrons. The molecule has 1 aromatic heterocycles. The number of carbonyl (C=O) groups is 1. The van der Waals surface area contributed by atoms with Gasteiger partial charge < -0.3 is 14.4 Å². The summed E-state index contributed by atoms with van der Waals surface area (Å²) in [6.45, 7) is 3.86. The first-order chi connectivity index (χ1) is 9.49. The van der Waals surface area contributed by atoms with E-state index in [9.17, 15) is 9.18 Å². The Kier molecular flexibility index (Phi) is 4.02. The number of imidazole rings is 1. The third-order valence-corrected chi connectivity index (χ3v) is 2.79. The fourth-order valence-electron chi connectivity index (χ4n) is 1.92. The molecule has 1 heterocycles. The Morgan fingerprint density at radius 1 is 1.40 bits per heavy atom. The molecule has 1 aromatic carbocycles. The van der Waals surface area contributed by atoms with E-state index in [0.717, 1.165) is 0 Å². The monoisotopic (exact) mass is 278 g/mol. The highest BCUT2D eigenvalue weighted by Gasteiger charge is 2.18. The number of rotatable bonds is 5. The van der Waals surface area contributed by atoms with Crippen molar-refractivity contribution in [2.24, 2.45) is 0 Å². The predicted molar refractivity (Wildman–Crippen MR) is 70.3 cm³/mol. The Balaban J connectivity index is 2.17. The van der Waals surface area contributed by atoms with E-state index in [1.807, 2.05) is 13.8 Å². The van der Waals surface area contributed by atoms with E-state index in [4.69, 9.17) is 9.84 Å². The van der Waals surface area contributed by atoms with Crippen LogP contribution in [0.25, 0.3) is 0 Å². The molecule has 0 bridgehead atoms. The van der Waals surface area contributed by atoms with Gasteiger partial charge in [-0.05, 0) is 38.1 Å². The lowest BCUT2D eigenvalue weighted by atomic mass is 10.3. The van der Waals surface area contributed by atoms with E-state index in [0.29, 0.717) is 11.6 Å². The van der Waals surface area contributed by atoms with Crippen molar-refractivity contribution in [2.75, 3.05) is 0 Å². The highest BCUT2D eigenvalue weighted by molar-refractivity contribution is 5.85. The standard InChI is InChI=1S/C14H15FN2O3/c1-9(2)17-12(14(18)19)7-16-13(17)8-20-11-5-3-10(15)4-6-11/h3-7,9H,8H2,1-2H3,(H,18,19). The summed E-state index contributed by atoms with van der Waals surface area (Å²) < 4.78 is 19.9. The summed E-state index contributed by atoms with van der Waals surface area (Å²) in [4.78, 5) is 15.2. The highest BCUT2D eigenvalue weighted by Crippen LogP contribution is 2.17. The molecular formula is C14H15FN2O3. The zero-order valence-corrected chi connectivity index (χ0v) is 11.2. The van der Waals surface area contributed by atoms with Gasteiger partial charge in [-0.1, -0.05) is 0 Å². The number of benzene rings is 1. The number of aromatic carboxylic acids is 1. The molecule has 0 atom stereocenters. The first-order valence-electron chi connectivity index (χ1n) is 6.17. The van der Waals surface area contributed by atoms with Crippen LogP contribution in [0.4, 0.5) is 4.39 Å². The normalized spacial score (nSPS) is 10.8. The predicted octanol–water partition coefficient (Wildman–Crippen LogP) is 2.88. The number of hydrogen-bond donors (Lipinski definition) is 1. The number of halogens is 1. The smallest absolute Gasteiger partial charge is 0.354 e. The van der Waals surface area contributed by atoms with E-state index >= 15 is 0 Å². The van der Waals surface area contributed by atoms with Crippen LogP contribution >= 0.6 is 0 Å². The van der Waals surface area contributed by atoms with Crippen LogP contribution in [-0.4, -0.2) is 20.6 Å². The Morgan fingerprint density at radius 2 is 2.05 bits per heavy atom. The number of hydrogen-bond acceptors (Lipinski definition) is 3. The summed E-state index contributed by atoms with van der Waals surface area (Å²) in [6.07, 6.45) is 1.31. The van der Waals surface area contributed by atoms with Crippen LogP contribution in [0.5, 0.6) is 5.75 Å². The molecule has 0 amide bonds. The molecule has 0 unspecified atom stereocenters. The maximum Gasteiger partial charge on any atom is 0.354 e. The molecule has 2 aromatic rings. The molecule has 0 aliphatic carbocycles. The molecule has 0 aliphatic heterocycles. The molecule has 1 N–H and O–H groups in total. The Bertz CT molecular complexity index is 605. The van der Waals surface area contributed by atoms with E-state index in [1.54, 1.807) is 4.57 Å². The molecule has 2 rings (SSSR count). The van der Waals surface area contributed by atoms with Gasteiger partial charge in [-0.25, -0.2) is 14.2 Å². The van der Waals surface area contributed by atoms with Gasteiger partial charge >= 0.3 is 5.97 Å². The van der Waals surface area contributed by atoms with Crippen LogP contribution in [0.2, 0.25) is 0 Å². The lowest BCUT2D eigenvalue weighted by Crippen LogP contribution is -2.15. The summed E-state index contributed by atoms with van der Waals surface area (Å²) in [5.41, 5.74) is 0.123. The SMILES string of the molecule is CC(C)n1c(C(=O)O)cnc1COc1ccc(F)cc1. The van der Waals surface area contributed by atoms with Gasteiger partial charge in [0.2, 0.25) is 0 Å². The van der Waals surface area contributed by atoms with Gasteiger partial charge in [-0.15, -0.1) is 0 Å². The van der Waals surface area contributed by atoms with Gasteiger partial charge in [0, 0.05) is 6.04 Å². The second kappa shape index (κ2) is 5.73. The molecule has 0 fully saturated rings. The van der Waals surface area contributed by atoms with Crippen molar-refractivity contribution < 1.29 is 19.0 Å². The average molecular weight is 278 g/mol. The van der Waals surface area contributed by atoms with E-state index < -0.39 is 5.97 Å². The van der Waals surface area contributed by atoms with Crippen molar-refractivity contribution in [3.63, 3.8) is 0 Å². The van der Waals surface area contributed by atoms with Crippen LogP contribution in [0, 0.1) is 5.82 Å². The van der Waals surface area contributed by atoms with Gasteiger partial charge in [-0.3, -0.25) is 0 Å². The van der Waals surface area contributed by atoms with E-state index in [-0.39, 0.29) is 24.2 Å². The second-order valence-corrected chi connectivity index (χ2v) is 4.57. The number of aromatic nitrogens is 2. The second-order valence-electron chi connectivity index (χ2n) is 4.57. The largest absolute Gasteiger partial charge is 0.486 e. The van der Waals surface area contributed by atoms with E-state index in [1.165, 1.54) is 30.5 Å². The van der Waals surface area contributed by atoms with Crippen molar-refractivity contribution in [3.8, 4) is 5.75 Å². The molecule has 20 heavy (non-hydrogen) atoms. The lowest BCUT2D eigenvalue weighted by Gasteiger charge is -2.14. The fraction of sp³-hybridized carbons (Fsp3) is 0.286. The van der Waals surface area contributed by atoms with Gasteiger partial charge in [0.1, 0.15) is 29.7 Å². The summed E-state index contributed by atoms with van der Waals surface area (Å²) >= 11 is 0. The van der Waals surface area contributed by atoms with Crippen LogP contribution in [0.3, 0.4) is 0 Å². The minimum Gasteiger partial charge on any atom is -0.486 e. The zero-order chi connectivity index (χ0) is 14.7. The fourth-order valence-corrected chi connectivity index (χ4v) is 1.92. The number of carboxylic acids is 1. The number of ether oxygens (including phenoxy) is 1. The molecule has 5 nitrogen and oxygen atoms in total. The molecule has 0 saturated heterocycles. The summed E-state index contributed by atoms with van der Waals surface area (Å²) in [5.74, 6) is -0.350. The van der Waals surface area contributed by atoms with E-state index in [2.05, 4.69) is 4.98 Å². The first-order valence-corrected chi connectivity index (χ1v) is 6.17. The van der Waals surface area contributed by atoms with Crippen LogP contribution in [0.1, 0.15) is 36.2 Å². The number of nitrogens with zero attached hydrogens (tertiary/aromatic N) is 2. The third-order valence-electron chi connectivity index (χ3n) is 2.79. The van der Waals surface area contributed by atoms with Gasteiger partial charge in [0.25, 0.3) is 0 Å². The summed E-state index contributed by atoms with van der Waals surface area (Å²) in [7, 11) is 0. The van der Waals surface area contributed by atoms with Gasteiger partial charge in [-0.2, -0.15) is 0 Å². The van der Waals surface area contributed by atoms with Gasteiger partial charge in [0.05, 0.1) is 6.20 Å². The van der Waals surface area contributed by atoms with Crippen LogP contribution < -0.4 is 4.74 Å². The molecular weight excluding hydrogens is 263 g/mol. The lowest BCUT2D eigenvalue weighted by molar-refractivity contribution is 0.0682. The van der Waals surface area contributed by atoms with Crippen LogP contribution in [-0.2, 0) is 6.61 Å².